The Labute approximate surface area is 186 Å². The van der Waals surface area contributed by atoms with Crippen LogP contribution in [0.15, 0.2) is 48.5 Å². The minimum absolute atomic E-state index is 0.155. The van der Waals surface area contributed by atoms with Gasteiger partial charge in [0.25, 0.3) is 17.7 Å². The van der Waals surface area contributed by atoms with Gasteiger partial charge in [0.15, 0.2) is 6.61 Å². The Balaban J connectivity index is 1.46. The van der Waals surface area contributed by atoms with E-state index >= 15 is 0 Å². The lowest BCUT2D eigenvalue weighted by molar-refractivity contribution is -0.146. The van der Waals surface area contributed by atoms with Crippen LogP contribution in [0, 0.1) is 6.92 Å². The number of ether oxygens (including phenoxy) is 1. The zero-order chi connectivity index (χ0) is 22.9. The summed E-state index contributed by atoms with van der Waals surface area (Å²) in [5.41, 5.74) is 2.05. The molecule has 0 spiro atoms. The van der Waals surface area contributed by atoms with Crippen LogP contribution in [0.25, 0.3) is 0 Å². The summed E-state index contributed by atoms with van der Waals surface area (Å²) in [5, 5.41) is 8.05. The summed E-state index contributed by atoms with van der Waals surface area (Å²) < 4.78 is 4.93. The van der Waals surface area contributed by atoms with E-state index in [1.807, 2.05) is 13.0 Å². The van der Waals surface area contributed by atoms with E-state index in [0.717, 1.165) is 31.2 Å². The van der Waals surface area contributed by atoms with Gasteiger partial charge in [0.05, 0.1) is 11.3 Å². The number of esters is 1. The molecule has 0 unspecified atom stereocenters. The van der Waals surface area contributed by atoms with Crippen LogP contribution in [-0.4, -0.2) is 42.9 Å². The Morgan fingerprint density at radius 2 is 1.72 bits per heavy atom. The first-order valence-corrected chi connectivity index (χ1v) is 10.6. The fourth-order valence-corrected chi connectivity index (χ4v) is 3.55. The summed E-state index contributed by atoms with van der Waals surface area (Å²) >= 11 is 0. The first-order valence-electron chi connectivity index (χ1n) is 10.6. The first-order chi connectivity index (χ1) is 15.4. The summed E-state index contributed by atoms with van der Waals surface area (Å²) in [6, 6.07) is 13.8. The third kappa shape index (κ3) is 6.66. The highest BCUT2D eigenvalue weighted by Gasteiger charge is 2.20. The van der Waals surface area contributed by atoms with Crippen LogP contribution in [-0.2, 0) is 14.3 Å². The molecule has 0 atom stereocenters. The summed E-state index contributed by atoms with van der Waals surface area (Å²) in [5.74, 6) is -1.97. The number of hydrogen-bond donors (Lipinski definition) is 3. The van der Waals surface area contributed by atoms with Gasteiger partial charge in [-0.25, -0.2) is 0 Å². The van der Waals surface area contributed by atoms with Gasteiger partial charge in [0, 0.05) is 11.6 Å². The van der Waals surface area contributed by atoms with Crippen molar-refractivity contribution < 1.29 is 23.9 Å². The van der Waals surface area contributed by atoms with E-state index in [1.165, 1.54) is 0 Å². The Kier molecular flexibility index (Phi) is 7.96. The zero-order valence-corrected chi connectivity index (χ0v) is 18.0. The van der Waals surface area contributed by atoms with Crippen LogP contribution < -0.4 is 16.0 Å². The second-order valence-corrected chi connectivity index (χ2v) is 7.76. The number of hydrogen-bond acceptors (Lipinski definition) is 5. The van der Waals surface area contributed by atoms with Crippen molar-refractivity contribution in [1.29, 1.82) is 0 Å². The first kappa shape index (κ1) is 23.0. The van der Waals surface area contributed by atoms with Gasteiger partial charge < -0.3 is 20.7 Å². The lowest BCUT2D eigenvalue weighted by atomic mass is 10.1. The van der Waals surface area contributed by atoms with Gasteiger partial charge in [0.1, 0.15) is 6.54 Å². The molecule has 1 aliphatic rings. The molecule has 1 aliphatic carbocycles. The molecule has 0 bridgehead atoms. The van der Waals surface area contributed by atoms with Gasteiger partial charge in [-0.3, -0.25) is 19.2 Å². The Hall–Kier alpha value is -3.68. The van der Waals surface area contributed by atoms with Gasteiger partial charge in [-0.05, 0) is 44.0 Å². The van der Waals surface area contributed by atoms with E-state index in [9.17, 15) is 19.2 Å². The maximum atomic E-state index is 12.6. The molecule has 0 aliphatic heterocycles. The Morgan fingerprint density at radius 1 is 0.969 bits per heavy atom. The number of benzene rings is 2. The van der Waals surface area contributed by atoms with E-state index in [-0.39, 0.29) is 18.5 Å². The van der Waals surface area contributed by atoms with E-state index in [4.69, 9.17) is 4.74 Å². The fourth-order valence-electron chi connectivity index (χ4n) is 3.55. The SMILES string of the molecule is Cc1cccc(C(=O)NCC(=O)OCC(=O)Nc2ccccc2C(=O)NC2CCCC2)c1. The highest BCUT2D eigenvalue weighted by Crippen LogP contribution is 2.20. The normalized spacial score (nSPS) is 13.3. The number of aryl methyl sites for hydroxylation is 1. The van der Waals surface area contributed by atoms with Crippen LogP contribution in [0.4, 0.5) is 5.69 Å². The smallest absolute Gasteiger partial charge is 0.325 e. The molecule has 8 nitrogen and oxygen atoms in total. The molecule has 0 radical (unpaired) electrons. The second kappa shape index (κ2) is 11.1. The van der Waals surface area contributed by atoms with Gasteiger partial charge >= 0.3 is 5.97 Å². The van der Waals surface area contributed by atoms with Gasteiger partial charge in [-0.15, -0.1) is 0 Å². The van der Waals surface area contributed by atoms with Gasteiger partial charge in [-0.1, -0.05) is 42.7 Å². The third-order valence-corrected chi connectivity index (χ3v) is 5.17. The molecule has 0 saturated heterocycles. The third-order valence-electron chi connectivity index (χ3n) is 5.17. The zero-order valence-electron chi connectivity index (χ0n) is 18.0. The quantitative estimate of drug-likeness (QED) is 0.550. The molecule has 0 aromatic heterocycles. The summed E-state index contributed by atoms with van der Waals surface area (Å²) in [6.45, 7) is 0.971. The molecule has 168 valence electrons. The largest absolute Gasteiger partial charge is 0.454 e. The van der Waals surface area contributed by atoms with Crippen molar-refractivity contribution >= 4 is 29.4 Å². The van der Waals surface area contributed by atoms with Gasteiger partial charge in [-0.2, -0.15) is 0 Å². The minimum atomic E-state index is -0.742. The maximum Gasteiger partial charge on any atom is 0.325 e. The number of rotatable bonds is 8. The van der Waals surface area contributed by atoms with Crippen LogP contribution >= 0.6 is 0 Å². The maximum absolute atomic E-state index is 12.6. The average molecular weight is 437 g/mol. The molecule has 1 saturated carbocycles. The molecule has 3 amide bonds. The standard InChI is InChI=1S/C24H27N3O5/c1-16-7-6-8-17(13-16)23(30)25-14-22(29)32-15-21(28)27-20-12-5-4-11-19(20)24(31)26-18-9-2-3-10-18/h4-8,11-13,18H,2-3,9-10,14-15H2,1H3,(H,25,30)(H,26,31)(H,27,28). The fraction of sp³-hybridized carbons (Fsp3) is 0.333. The summed E-state index contributed by atoms with van der Waals surface area (Å²) in [6.07, 6.45) is 4.10. The number of nitrogens with one attached hydrogen (secondary N) is 3. The molecule has 32 heavy (non-hydrogen) atoms. The van der Waals surface area contributed by atoms with Crippen molar-refractivity contribution in [2.45, 2.75) is 38.6 Å². The number of para-hydroxylation sites is 1. The van der Waals surface area contributed by atoms with Crippen molar-refractivity contribution in [3.05, 3.63) is 65.2 Å². The lowest BCUT2D eigenvalue weighted by Crippen LogP contribution is -2.34. The lowest BCUT2D eigenvalue weighted by Gasteiger charge is -2.15. The molecule has 8 heteroatoms. The Morgan fingerprint density at radius 3 is 2.47 bits per heavy atom. The number of carbonyl (C=O) groups excluding carboxylic acids is 4. The van der Waals surface area contributed by atoms with E-state index < -0.39 is 24.4 Å². The molecular weight excluding hydrogens is 410 g/mol. The van der Waals surface area contributed by atoms with Crippen molar-refractivity contribution in [1.82, 2.24) is 10.6 Å². The van der Waals surface area contributed by atoms with E-state index in [0.29, 0.717) is 16.8 Å². The van der Waals surface area contributed by atoms with Crippen LogP contribution in [0.5, 0.6) is 0 Å². The number of carbonyl (C=O) groups is 4. The van der Waals surface area contributed by atoms with Crippen LogP contribution in [0.1, 0.15) is 52.0 Å². The van der Waals surface area contributed by atoms with Crippen molar-refractivity contribution in [3.8, 4) is 0 Å². The predicted octanol–water partition coefficient (Wildman–Crippen LogP) is 2.58. The number of amides is 3. The molecular formula is C24H27N3O5. The predicted molar refractivity (Wildman–Crippen MR) is 119 cm³/mol. The highest BCUT2D eigenvalue weighted by atomic mass is 16.5. The molecule has 1 fully saturated rings. The van der Waals surface area contributed by atoms with Gasteiger partial charge in [0.2, 0.25) is 0 Å². The van der Waals surface area contributed by atoms with E-state index in [2.05, 4.69) is 16.0 Å². The van der Waals surface area contributed by atoms with Crippen molar-refractivity contribution in [3.63, 3.8) is 0 Å². The Bertz CT molecular complexity index is 999. The topological polar surface area (TPSA) is 114 Å². The minimum Gasteiger partial charge on any atom is -0.454 e. The van der Waals surface area contributed by atoms with Crippen LogP contribution in [0.3, 0.4) is 0 Å². The second-order valence-electron chi connectivity index (χ2n) is 7.76. The highest BCUT2D eigenvalue weighted by molar-refractivity contribution is 6.04. The summed E-state index contributed by atoms with van der Waals surface area (Å²) in [7, 11) is 0. The molecule has 2 aromatic carbocycles. The summed E-state index contributed by atoms with van der Waals surface area (Å²) in [4.78, 5) is 48.8. The molecule has 0 heterocycles. The van der Waals surface area contributed by atoms with E-state index in [1.54, 1.807) is 42.5 Å². The molecule has 3 rings (SSSR count). The monoisotopic (exact) mass is 437 g/mol. The number of anilines is 1. The average Bonchev–Trinajstić information content (AvgIpc) is 3.29. The molecule has 3 N–H and O–H groups in total. The van der Waals surface area contributed by atoms with Crippen molar-refractivity contribution in [2.24, 2.45) is 0 Å². The van der Waals surface area contributed by atoms with Crippen LogP contribution in [0.2, 0.25) is 0 Å². The van der Waals surface area contributed by atoms with Crippen molar-refractivity contribution in [2.75, 3.05) is 18.5 Å². The molecule has 2 aromatic rings.